The maximum absolute atomic E-state index is 5.94. The summed E-state index contributed by atoms with van der Waals surface area (Å²) in [6.07, 6.45) is 3.95. The predicted octanol–water partition coefficient (Wildman–Crippen LogP) is 5.47. The van der Waals surface area contributed by atoms with E-state index in [4.69, 9.17) is 16.1 Å². The summed E-state index contributed by atoms with van der Waals surface area (Å²) in [7, 11) is 0. The Morgan fingerprint density at radius 3 is 2.63 bits per heavy atom. The molecule has 7 heteroatoms. The van der Waals surface area contributed by atoms with Crippen LogP contribution in [0.1, 0.15) is 5.76 Å². The summed E-state index contributed by atoms with van der Waals surface area (Å²) in [5, 5.41) is 8.93. The van der Waals surface area contributed by atoms with Crippen LogP contribution in [0.15, 0.2) is 70.1 Å². The number of fused-ring (bicyclic) bond motifs is 1. The number of pyridine rings is 1. The third kappa shape index (κ3) is 3.25. The van der Waals surface area contributed by atoms with Crippen molar-refractivity contribution < 1.29 is 4.52 Å². The minimum Gasteiger partial charge on any atom is -0.359 e. The van der Waals surface area contributed by atoms with E-state index in [0.717, 1.165) is 39.8 Å². The highest BCUT2D eigenvalue weighted by Gasteiger charge is 2.14. The molecular formula is C20H13ClN4OS. The first-order valence-electron chi connectivity index (χ1n) is 8.32. The molecule has 0 atom stereocenters. The Morgan fingerprint density at radius 1 is 0.963 bits per heavy atom. The van der Waals surface area contributed by atoms with E-state index in [2.05, 4.69) is 20.5 Å². The molecule has 0 bridgehead atoms. The largest absolute Gasteiger partial charge is 0.359 e. The van der Waals surface area contributed by atoms with Crippen LogP contribution < -0.4 is 0 Å². The highest BCUT2D eigenvalue weighted by molar-refractivity contribution is 7.08. The van der Waals surface area contributed by atoms with Crippen molar-refractivity contribution in [2.24, 2.45) is 0 Å². The number of imidazole rings is 1. The van der Waals surface area contributed by atoms with Crippen LogP contribution in [0, 0.1) is 0 Å². The molecule has 132 valence electrons. The van der Waals surface area contributed by atoms with E-state index >= 15 is 0 Å². The number of hydrogen-bond donors (Lipinski definition) is 0. The normalized spacial score (nSPS) is 11.3. The first kappa shape index (κ1) is 16.2. The maximum atomic E-state index is 5.94. The van der Waals surface area contributed by atoms with Gasteiger partial charge in [0.2, 0.25) is 0 Å². The summed E-state index contributed by atoms with van der Waals surface area (Å²) >= 11 is 7.57. The fourth-order valence-electron chi connectivity index (χ4n) is 2.90. The summed E-state index contributed by atoms with van der Waals surface area (Å²) < 4.78 is 7.51. The Labute approximate surface area is 164 Å². The summed E-state index contributed by atoms with van der Waals surface area (Å²) in [5.74, 6) is 1.52. The Bertz CT molecular complexity index is 1160. The van der Waals surface area contributed by atoms with Gasteiger partial charge in [0, 0.05) is 40.0 Å². The molecule has 4 heterocycles. The molecule has 27 heavy (non-hydrogen) atoms. The lowest BCUT2D eigenvalue weighted by molar-refractivity contribution is 0.378. The lowest BCUT2D eigenvalue weighted by atomic mass is 10.1. The Hall–Kier alpha value is -2.96. The molecule has 5 rings (SSSR count). The van der Waals surface area contributed by atoms with E-state index in [1.807, 2.05) is 64.8 Å². The minimum atomic E-state index is 0.567. The van der Waals surface area contributed by atoms with Crippen LogP contribution in [0.2, 0.25) is 5.02 Å². The van der Waals surface area contributed by atoms with Gasteiger partial charge in [0.1, 0.15) is 11.4 Å². The molecule has 2 aliphatic heterocycles. The lowest BCUT2D eigenvalue weighted by Crippen LogP contribution is -1.99. The van der Waals surface area contributed by atoms with E-state index in [9.17, 15) is 0 Å². The van der Waals surface area contributed by atoms with Gasteiger partial charge >= 0.3 is 0 Å². The molecule has 2 aliphatic rings. The lowest BCUT2D eigenvalue weighted by Gasteiger charge is -2.04. The van der Waals surface area contributed by atoms with Crippen molar-refractivity contribution in [2.75, 3.05) is 0 Å². The third-order valence-corrected chi connectivity index (χ3v) is 5.18. The Balaban J connectivity index is 1.40. The van der Waals surface area contributed by atoms with Gasteiger partial charge in [0.05, 0.1) is 12.2 Å². The van der Waals surface area contributed by atoms with Gasteiger partial charge in [-0.15, -0.1) is 0 Å². The van der Waals surface area contributed by atoms with Crippen LogP contribution in [0.4, 0.5) is 0 Å². The van der Waals surface area contributed by atoms with Gasteiger partial charge in [-0.3, -0.25) is 0 Å². The highest BCUT2D eigenvalue weighted by Crippen LogP contribution is 2.26. The molecule has 0 amide bonds. The van der Waals surface area contributed by atoms with E-state index in [-0.39, 0.29) is 0 Å². The highest BCUT2D eigenvalue weighted by atomic mass is 35.5. The molecule has 1 aromatic carbocycles. The van der Waals surface area contributed by atoms with Crippen molar-refractivity contribution in [2.45, 2.75) is 6.54 Å². The fraction of sp³-hybridized carbons (Fsp3) is 0.0500. The van der Waals surface area contributed by atoms with E-state index in [0.29, 0.717) is 11.6 Å². The Kier molecular flexibility index (Phi) is 3.99. The molecule has 2 aromatic heterocycles. The second-order valence-electron chi connectivity index (χ2n) is 6.13. The van der Waals surface area contributed by atoms with Gasteiger partial charge in [-0.1, -0.05) is 28.9 Å². The zero-order valence-corrected chi connectivity index (χ0v) is 15.6. The molecule has 0 unspecified atom stereocenters. The van der Waals surface area contributed by atoms with Crippen LogP contribution in [0.3, 0.4) is 0 Å². The average molecular weight is 393 g/mol. The molecule has 0 saturated heterocycles. The second-order valence-corrected chi connectivity index (χ2v) is 7.35. The van der Waals surface area contributed by atoms with Crippen molar-refractivity contribution in [3.05, 3.63) is 76.4 Å². The van der Waals surface area contributed by atoms with E-state index in [1.54, 1.807) is 11.3 Å². The number of halogens is 1. The molecule has 0 saturated carbocycles. The fourth-order valence-corrected chi connectivity index (χ4v) is 3.66. The summed E-state index contributed by atoms with van der Waals surface area (Å²) in [6, 6.07) is 13.5. The van der Waals surface area contributed by atoms with Crippen LogP contribution >= 0.6 is 22.9 Å². The SMILES string of the molecule is Clc1ccc(-c2cc(Cn3ccc4nc(-c5ccsc5)nc-4c3)on2)cc1. The van der Waals surface area contributed by atoms with Gasteiger partial charge in [-0.2, -0.15) is 11.3 Å². The van der Waals surface area contributed by atoms with Crippen molar-refractivity contribution in [3.63, 3.8) is 0 Å². The molecule has 3 aromatic rings. The van der Waals surface area contributed by atoms with Crippen molar-refractivity contribution in [1.29, 1.82) is 0 Å². The summed E-state index contributed by atoms with van der Waals surface area (Å²) in [6.45, 7) is 0.567. The monoisotopic (exact) mass is 392 g/mol. The number of rotatable bonds is 4. The standard InChI is InChI=1S/C20H13ClN4OS/c21-15-3-1-13(2-4-15)18-9-16(26-24-18)10-25-7-5-17-19(11-25)23-20(22-17)14-6-8-27-12-14/h1-9,11-12H,10H2. The average Bonchev–Trinajstić information content (AvgIpc) is 3.42. The molecular weight excluding hydrogens is 380 g/mol. The summed E-state index contributed by atoms with van der Waals surface area (Å²) in [5.41, 5.74) is 4.54. The Morgan fingerprint density at radius 2 is 1.81 bits per heavy atom. The van der Waals surface area contributed by atoms with Gasteiger partial charge in [-0.05, 0) is 29.6 Å². The molecule has 0 aliphatic carbocycles. The molecule has 5 nitrogen and oxygen atoms in total. The first-order valence-corrected chi connectivity index (χ1v) is 9.64. The number of thiophene rings is 1. The van der Waals surface area contributed by atoms with Gasteiger partial charge in [0.15, 0.2) is 11.6 Å². The maximum Gasteiger partial charge on any atom is 0.161 e. The third-order valence-electron chi connectivity index (χ3n) is 4.24. The number of hydrogen-bond acceptors (Lipinski definition) is 5. The summed E-state index contributed by atoms with van der Waals surface area (Å²) in [4.78, 5) is 9.22. The number of nitrogens with zero attached hydrogens (tertiary/aromatic N) is 4. The van der Waals surface area contributed by atoms with E-state index < -0.39 is 0 Å². The van der Waals surface area contributed by atoms with Gasteiger partial charge < -0.3 is 9.09 Å². The molecule has 0 spiro atoms. The van der Waals surface area contributed by atoms with Crippen molar-refractivity contribution in [3.8, 4) is 34.0 Å². The minimum absolute atomic E-state index is 0.567. The van der Waals surface area contributed by atoms with E-state index in [1.165, 1.54) is 0 Å². The first-order chi connectivity index (χ1) is 13.2. The number of aromatic nitrogens is 4. The topological polar surface area (TPSA) is 56.7 Å². The molecule has 0 fully saturated rings. The smallest absolute Gasteiger partial charge is 0.161 e. The van der Waals surface area contributed by atoms with Crippen molar-refractivity contribution in [1.82, 2.24) is 19.7 Å². The quantitative estimate of drug-likeness (QED) is 0.407. The molecule has 0 radical (unpaired) electrons. The second kappa shape index (κ2) is 6.64. The van der Waals surface area contributed by atoms with Crippen LogP contribution in [-0.2, 0) is 6.54 Å². The van der Waals surface area contributed by atoms with Crippen molar-refractivity contribution >= 4 is 22.9 Å². The van der Waals surface area contributed by atoms with Crippen LogP contribution in [-0.4, -0.2) is 19.7 Å². The molecule has 0 N–H and O–H groups in total. The van der Waals surface area contributed by atoms with Gasteiger partial charge in [0.25, 0.3) is 0 Å². The zero-order valence-electron chi connectivity index (χ0n) is 14.0. The number of benzene rings is 1. The van der Waals surface area contributed by atoms with Crippen LogP contribution in [0.25, 0.3) is 34.0 Å². The van der Waals surface area contributed by atoms with Gasteiger partial charge in [-0.25, -0.2) is 9.97 Å². The van der Waals surface area contributed by atoms with Crippen LogP contribution in [0.5, 0.6) is 0 Å². The predicted molar refractivity (Wildman–Crippen MR) is 106 cm³/mol. The zero-order chi connectivity index (χ0) is 18.2.